The molecule has 2 aromatic heterocycles. The maximum Gasteiger partial charge on any atom is 0.411 e. The van der Waals surface area contributed by atoms with Crippen LogP contribution in [-0.4, -0.2) is 76.8 Å². The van der Waals surface area contributed by atoms with Crippen LogP contribution in [0.5, 0.6) is 11.5 Å². The molecule has 0 saturated carbocycles. The monoisotopic (exact) mass is 642 g/mol. The molecule has 2 amide bonds. The van der Waals surface area contributed by atoms with Crippen molar-refractivity contribution < 1.29 is 23.8 Å². The average Bonchev–Trinajstić information content (AvgIpc) is 3.63. The molecule has 1 fully saturated rings. The number of nitrogens with zero attached hydrogens (tertiary/aromatic N) is 4. The van der Waals surface area contributed by atoms with Crippen molar-refractivity contribution in [3.63, 3.8) is 0 Å². The van der Waals surface area contributed by atoms with Crippen LogP contribution in [0.15, 0.2) is 36.2 Å². The first-order valence-corrected chi connectivity index (χ1v) is 16.2. The van der Waals surface area contributed by atoms with Crippen molar-refractivity contribution in [3.8, 4) is 22.2 Å². The zero-order chi connectivity index (χ0) is 32.2. The lowest BCUT2D eigenvalue weighted by molar-refractivity contribution is -0.134. The molecule has 0 N–H and O–H groups in total. The first kappa shape index (κ1) is 33.5. The molecule has 0 spiro atoms. The molecule has 0 radical (unpaired) electrons. The molecule has 11 heteroatoms. The second-order valence-electron chi connectivity index (χ2n) is 12.4. The van der Waals surface area contributed by atoms with Crippen LogP contribution >= 0.6 is 22.9 Å². The number of likely N-dealkylation sites (N-methyl/N-ethyl adjacent to an activating group) is 1. The van der Waals surface area contributed by atoms with Crippen molar-refractivity contribution >= 4 is 45.8 Å². The highest BCUT2D eigenvalue weighted by Gasteiger charge is 2.43. The standard InChI is InChI=1S/C33H43ClN4O5S/c1-9-10-11-12-15-37(7)31(39)25-16-21(18-38(25)32(40)43-33(4,5)6)42-27-17-23(30-36-24(19-44-30)20(2)3)35-29-22(27)13-14-26(41-8)28(29)34/h9,13-14,17,19-21,25H,1,10-12,15-16,18H2,2-8H3/t21-,25-/m0/s1. The lowest BCUT2D eigenvalue weighted by Gasteiger charge is -2.30. The highest BCUT2D eigenvalue weighted by atomic mass is 35.5. The molecule has 1 aliphatic rings. The lowest BCUT2D eigenvalue weighted by Crippen LogP contribution is -2.48. The number of fused-ring (bicyclic) bond motifs is 1. The minimum Gasteiger partial charge on any atom is -0.495 e. The van der Waals surface area contributed by atoms with Crippen molar-refractivity contribution in [1.82, 2.24) is 19.8 Å². The van der Waals surface area contributed by atoms with Crippen LogP contribution < -0.4 is 9.47 Å². The number of pyridine rings is 1. The number of amides is 2. The topological polar surface area (TPSA) is 94.1 Å². The summed E-state index contributed by atoms with van der Waals surface area (Å²) in [4.78, 5) is 39.8. The molecule has 238 valence electrons. The summed E-state index contributed by atoms with van der Waals surface area (Å²) in [7, 11) is 3.33. The number of hydrogen-bond donors (Lipinski definition) is 0. The summed E-state index contributed by atoms with van der Waals surface area (Å²) in [5, 5.41) is 3.83. The molecule has 44 heavy (non-hydrogen) atoms. The second-order valence-corrected chi connectivity index (χ2v) is 13.6. The number of carbonyl (C=O) groups is 2. The Morgan fingerprint density at radius 1 is 1.23 bits per heavy atom. The Balaban J connectivity index is 1.68. The van der Waals surface area contributed by atoms with Gasteiger partial charge in [-0.05, 0) is 58.1 Å². The van der Waals surface area contributed by atoms with Crippen LogP contribution in [0.25, 0.3) is 21.6 Å². The fourth-order valence-electron chi connectivity index (χ4n) is 5.06. The quantitative estimate of drug-likeness (QED) is 0.156. The van der Waals surface area contributed by atoms with Gasteiger partial charge in [0.15, 0.2) is 0 Å². The highest BCUT2D eigenvalue weighted by Crippen LogP contribution is 2.40. The van der Waals surface area contributed by atoms with E-state index in [9.17, 15) is 9.59 Å². The number of aromatic nitrogens is 2. The van der Waals surface area contributed by atoms with E-state index < -0.39 is 23.8 Å². The Hall–Kier alpha value is -3.37. The molecular weight excluding hydrogens is 600 g/mol. The average molecular weight is 643 g/mol. The van der Waals surface area contributed by atoms with Gasteiger partial charge < -0.3 is 19.1 Å². The van der Waals surface area contributed by atoms with Crippen LogP contribution in [0, 0.1) is 0 Å². The molecule has 1 aliphatic heterocycles. The van der Waals surface area contributed by atoms with Gasteiger partial charge in [0.2, 0.25) is 5.91 Å². The van der Waals surface area contributed by atoms with E-state index in [-0.39, 0.29) is 18.4 Å². The Labute approximate surface area is 269 Å². The smallest absolute Gasteiger partial charge is 0.411 e. The third kappa shape index (κ3) is 7.82. The summed E-state index contributed by atoms with van der Waals surface area (Å²) in [6.45, 7) is 14.2. The molecular formula is C33H43ClN4O5S. The van der Waals surface area contributed by atoms with Gasteiger partial charge in [0.1, 0.15) is 45.0 Å². The molecule has 9 nitrogen and oxygen atoms in total. The van der Waals surface area contributed by atoms with Gasteiger partial charge in [-0.25, -0.2) is 14.8 Å². The van der Waals surface area contributed by atoms with Gasteiger partial charge in [0, 0.05) is 36.8 Å². The maximum absolute atomic E-state index is 13.7. The number of benzene rings is 1. The summed E-state index contributed by atoms with van der Waals surface area (Å²) in [5.41, 5.74) is 1.40. The SMILES string of the molecule is C=CCCCCN(C)C(=O)[C@@H]1C[C@H](Oc2cc(-c3nc(C(C)C)cs3)nc3c(Cl)c(OC)ccc23)CN1C(=O)OC(C)(C)C. The van der Waals surface area contributed by atoms with Crippen molar-refractivity contribution in [2.75, 3.05) is 27.2 Å². The fourth-order valence-corrected chi connectivity index (χ4v) is 6.29. The largest absolute Gasteiger partial charge is 0.495 e. The number of rotatable bonds is 11. The predicted molar refractivity (Wildman–Crippen MR) is 176 cm³/mol. The third-order valence-electron chi connectivity index (χ3n) is 7.40. The molecule has 3 aromatic rings. The number of ether oxygens (including phenoxy) is 3. The number of likely N-dealkylation sites (tertiary alicyclic amines) is 1. The van der Waals surface area contributed by atoms with Crippen molar-refractivity contribution in [2.24, 2.45) is 0 Å². The molecule has 0 bridgehead atoms. The fraction of sp³-hybridized carbons (Fsp3) is 0.515. The number of halogens is 1. The molecule has 4 rings (SSSR count). The van der Waals surface area contributed by atoms with E-state index >= 15 is 0 Å². The summed E-state index contributed by atoms with van der Waals surface area (Å²) >= 11 is 8.25. The van der Waals surface area contributed by atoms with E-state index in [2.05, 4.69) is 20.4 Å². The number of allylic oxidation sites excluding steroid dienone is 1. The van der Waals surface area contributed by atoms with Gasteiger partial charge >= 0.3 is 6.09 Å². The first-order chi connectivity index (χ1) is 20.8. The number of methoxy groups -OCH3 is 1. The molecule has 0 aliphatic carbocycles. The predicted octanol–water partition coefficient (Wildman–Crippen LogP) is 7.72. The number of thiazole rings is 1. The number of hydrogen-bond acceptors (Lipinski definition) is 8. The Morgan fingerprint density at radius 2 is 1.98 bits per heavy atom. The van der Waals surface area contributed by atoms with Crippen LogP contribution in [-0.2, 0) is 9.53 Å². The van der Waals surface area contributed by atoms with Crippen LogP contribution in [0.1, 0.15) is 71.9 Å². The zero-order valence-electron chi connectivity index (χ0n) is 26.7. The van der Waals surface area contributed by atoms with Crippen LogP contribution in [0.3, 0.4) is 0 Å². The lowest BCUT2D eigenvalue weighted by atomic mass is 10.1. The van der Waals surface area contributed by atoms with E-state index in [1.165, 1.54) is 16.2 Å². The normalized spacial score (nSPS) is 16.8. The van der Waals surface area contributed by atoms with Gasteiger partial charge in [-0.2, -0.15) is 0 Å². The zero-order valence-corrected chi connectivity index (χ0v) is 28.3. The van der Waals surface area contributed by atoms with Gasteiger partial charge in [-0.1, -0.05) is 31.5 Å². The second kappa shape index (κ2) is 14.2. The minimum absolute atomic E-state index is 0.141. The van der Waals surface area contributed by atoms with Gasteiger partial charge in [-0.3, -0.25) is 9.69 Å². The van der Waals surface area contributed by atoms with E-state index in [0.29, 0.717) is 46.1 Å². The summed E-state index contributed by atoms with van der Waals surface area (Å²) in [6, 6.07) is 4.76. The molecule has 1 aromatic carbocycles. The maximum atomic E-state index is 13.7. The number of carbonyl (C=O) groups excluding carboxylic acids is 2. The van der Waals surface area contributed by atoms with Crippen LogP contribution in [0.4, 0.5) is 4.79 Å². The van der Waals surface area contributed by atoms with Crippen molar-refractivity contribution in [2.45, 2.75) is 84.0 Å². The Morgan fingerprint density at radius 3 is 2.61 bits per heavy atom. The van der Waals surface area contributed by atoms with Gasteiger partial charge in [0.05, 0.1) is 24.9 Å². The molecule has 2 atom stereocenters. The van der Waals surface area contributed by atoms with Crippen LogP contribution in [0.2, 0.25) is 5.02 Å². The summed E-state index contributed by atoms with van der Waals surface area (Å²) in [6.07, 6.45) is 3.84. The van der Waals surface area contributed by atoms with E-state index in [0.717, 1.165) is 30.0 Å². The van der Waals surface area contributed by atoms with Crippen molar-refractivity contribution in [3.05, 3.63) is 47.0 Å². The molecule has 3 heterocycles. The summed E-state index contributed by atoms with van der Waals surface area (Å²) < 4.78 is 17.8. The minimum atomic E-state index is -0.719. The molecule has 1 saturated heterocycles. The van der Waals surface area contributed by atoms with E-state index in [1.807, 2.05) is 44.4 Å². The first-order valence-electron chi connectivity index (χ1n) is 15.0. The van der Waals surface area contributed by atoms with Gasteiger partial charge in [0.25, 0.3) is 0 Å². The summed E-state index contributed by atoms with van der Waals surface area (Å²) in [5.74, 6) is 1.16. The van der Waals surface area contributed by atoms with Crippen molar-refractivity contribution in [1.29, 1.82) is 0 Å². The Kier molecular flexibility index (Phi) is 10.8. The van der Waals surface area contributed by atoms with Gasteiger partial charge in [-0.15, -0.1) is 17.9 Å². The molecule has 0 unspecified atom stereocenters. The number of unbranched alkanes of at least 4 members (excludes halogenated alkanes) is 2. The van der Waals surface area contributed by atoms with E-state index in [1.54, 1.807) is 25.1 Å². The van der Waals surface area contributed by atoms with E-state index in [4.69, 9.17) is 35.8 Å². The highest BCUT2D eigenvalue weighted by molar-refractivity contribution is 7.13. The Bertz CT molecular complexity index is 1500. The third-order valence-corrected chi connectivity index (χ3v) is 8.64.